The molecule has 1 fully saturated rings. The zero-order valence-corrected chi connectivity index (χ0v) is 13.2. The minimum absolute atomic E-state index is 0.213. The number of likely N-dealkylation sites (N-methyl/N-ethyl adjacent to an activating group) is 2. The van der Waals surface area contributed by atoms with Crippen molar-refractivity contribution in [2.24, 2.45) is 17.8 Å². The van der Waals surface area contributed by atoms with Gasteiger partial charge in [0.05, 0.1) is 0 Å². The number of hydrogen-bond donors (Lipinski definition) is 1. The van der Waals surface area contributed by atoms with Crippen LogP contribution in [-0.2, 0) is 4.79 Å². The van der Waals surface area contributed by atoms with Crippen LogP contribution in [0.2, 0.25) is 0 Å². The fraction of sp³-hybridized carbons (Fsp3) is 0.938. The third-order valence-corrected chi connectivity index (χ3v) is 4.51. The molecule has 1 aliphatic rings. The summed E-state index contributed by atoms with van der Waals surface area (Å²) in [5.74, 6) is 1.79. The van der Waals surface area contributed by atoms with Gasteiger partial charge in [-0.1, -0.05) is 46.0 Å². The van der Waals surface area contributed by atoms with Crippen LogP contribution in [0.15, 0.2) is 0 Å². The number of nitrogens with one attached hydrogen (secondary N) is 1. The Hall–Kier alpha value is -0.570. The Morgan fingerprint density at radius 1 is 1.26 bits per heavy atom. The van der Waals surface area contributed by atoms with Crippen molar-refractivity contribution in [1.29, 1.82) is 0 Å². The molecule has 3 nitrogen and oxygen atoms in total. The second-order valence-corrected chi connectivity index (χ2v) is 6.45. The minimum Gasteiger partial charge on any atom is -0.344 e. The van der Waals surface area contributed by atoms with Crippen molar-refractivity contribution in [3.63, 3.8) is 0 Å². The van der Waals surface area contributed by atoms with E-state index in [1.165, 1.54) is 32.1 Å². The molecular weight excluding hydrogens is 236 g/mol. The highest BCUT2D eigenvalue weighted by Gasteiger charge is 2.28. The Morgan fingerprint density at radius 2 is 1.89 bits per heavy atom. The summed E-state index contributed by atoms with van der Waals surface area (Å²) >= 11 is 0. The molecule has 0 aromatic rings. The largest absolute Gasteiger partial charge is 0.344 e. The molecule has 0 bridgehead atoms. The molecule has 0 radical (unpaired) electrons. The van der Waals surface area contributed by atoms with Gasteiger partial charge in [-0.2, -0.15) is 0 Å². The molecule has 19 heavy (non-hydrogen) atoms. The van der Waals surface area contributed by atoms with Crippen LogP contribution in [0.4, 0.5) is 0 Å². The maximum absolute atomic E-state index is 12.6. The van der Waals surface area contributed by atoms with Crippen molar-refractivity contribution >= 4 is 5.91 Å². The molecule has 1 aliphatic carbocycles. The van der Waals surface area contributed by atoms with E-state index in [2.05, 4.69) is 19.2 Å². The second kappa shape index (κ2) is 8.57. The van der Waals surface area contributed by atoms with Crippen molar-refractivity contribution in [3.8, 4) is 0 Å². The summed E-state index contributed by atoms with van der Waals surface area (Å²) in [7, 11) is 3.87. The van der Waals surface area contributed by atoms with Crippen molar-refractivity contribution in [1.82, 2.24) is 10.2 Å². The van der Waals surface area contributed by atoms with Gasteiger partial charge >= 0.3 is 0 Å². The molecule has 1 saturated carbocycles. The zero-order chi connectivity index (χ0) is 14.3. The third kappa shape index (κ3) is 5.52. The van der Waals surface area contributed by atoms with Gasteiger partial charge in [-0.25, -0.2) is 0 Å². The van der Waals surface area contributed by atoms with Crippen molar-refractivity contribution in [2.45, 2.75) is 52.4 Å². The van der Waals surface area contributed by atoms with Crippen molar-refractivity contribution < 1.29 is 4.79 Å². The van der Waals surface area contributed by atoms with Crippen molar-refractivity contribution in [2.75, 3.05) is 27.2 Å². The van der Waals surface area contributed by atoms with Gasteiger partial charge in [0.1, 0.15) is 0 Å². The summed E-state index contributed by atoms with van der Waals surface area (Å²) in [5, 5.41) is 3.11. The predicted molar refractivity (Wildman–Crippen MR) is 81.1 cm³/mol. The summed E-state index contributed by atoms with van der Waals surface area (Å²) in [6.07, 6.45) is 7.87. The van der Waals surface area contributed by atoms with Gasteiger partial charge in [0.25, 0.3) is 0 Å². The highest BCUT2D eigenvalue weighted by Crippen LogP contribution is 2.32. The summed E-state index contributed by atoms with van der Waals surface area (Å²) in [5.41, 5.74) is 0. The van der Waals surface area contributed by atoms with Gasteiger partial charge in [-0.05, 0) is 25.3 Å². The van der Waals surface area contributed by atoms with E-state index in [0.717, 1.165) is 25.4 Å². The lowest BCUT2D eigenvalue weighted by molar-refractivity contribution is -0.136. The average Bonchev–Trinajstić information content (AvgIpc) is 2.42. The van der Waals surface area contributed by atoms with E-state index in [9.17, 15) is 4.79 Å². The number of carbonyl (C=O) groups is 1. The molecule has 0 saturated heterocycles. The van der Waals surface area contributed by atoms with Gasteiger partial charge in [0.15, 0.2) is 0 Å². The maximum atomic E-state index is 12.6. The van der Waals surface area contributed by atoms with E-state index in [-0.39, 0.29) is 5.92 Å². The molecule has 1 N–H and O–H groups in total. The normalized spacial score (nSPS) is 18.6. The second-order valence-electron chi connectivity index (χ2n) is 6.45. The summed E-state index contributed by atoms with van der Waals surface area (Å²) < 4.78 is 0. The first kappa shape index (κ1) is 16.5. The third-order valence-electron chi connectivity index (χ3n) is 4.51. The van der Waals surface area contributed by atoms with Gasteiger partial charge in [-0.3, -0.25) is 4.79 Å². The quantitative estimate of drug-likeness (QED) is 0.770. The molecule has 1 atom stereocenters. The lowest BCUT2D eigenvalue weighted by Gasteiger charge is -2.31. The van der Waals surface area contributed by atoms with Gasteiger partial charge in [0, 0.05) is 26.1 Å². The lowest BCUT2D eigenvalue weighted by atomic mass is 9.79. The fourth-order valence-corrected chi connectivity index (χ4v) is 3.11. The van der Waals surface area contributed by atoms with Crippen LogP contribution < -0.4 is 5.32 Å². The first-order chi connectivity index (χ1) is 9.06. The first-order valence-corrected chi connectivity index (χ1v) is 7.95. The van der Waals surface area contributed by atoms with Crippen LogP contribution in [-0.4, -0.2) is 38.0 Å². The van der Waals surface area contributed by atoms with Crippen molar-refractivity contribution in [3.05, 3.63) is 0 Å². The van der Waals surface area contributed by atoms with E-state index in [1.54, 1.807) is 0 Å². The molecule has 1 unspecified atom stereocenters. The molecular formula is C16H32N2O. The van der Waals surface area contributed by atoms with E-state index in [0.29, 0.717) is 11.8 Å². The van der Waals surface area contributed by atoms with Crippen LogP contribution in [0.25, 0.3) is 0 Å². The minimum atomic E-state index is 0.213. The molecule has 0 heterocycles. The molecule has 0 aliphatic heterocycles. The highest BCUT2D eigenvalue weighted by molar-refractivity contribution is 5.78. The van der Waals surface area contributed by atoms with E-state index in [1.807, 2.05) is 19.0 Å². The molecule has 0 aromatic heterocycles. The Balaban J connectivity index is 2.52. The Kier molecular flexibility index (Phi) is 7.44. The van der Waals surface area contributed by atoms with E-state index < -0.39 is 0 Å². The number of rotatable bonds is 7. The maximum Gasteiger partial charge on any atom is 0.225 e. The van der Waals surface area contributed by atoms with E-state index in [4.69, 9.17) is 0 Å². The van der Waals surface area contributed by atoms with Gasteiger partial charge < -0.3 is 10.2 Å². The van der Waals surface area contributed by atoms with Crippen LogP contribution in [0.1, 0.15) is 52.4 Å². The summed E-state index contributed by atoms with van der Waals surface area (Å²) in [6.45, 7) is 6.06. The molecule has 0 spiro atoms. The summed E-state index contributed by atoms with van der Waals surface area (Å²) in [4.78, 5) is 14.5. The summed E-state index contributed by atoms with van der Waals surface area (Å²) in [6, 6.07) is 0. The fourth-order valence-electron chi connectivity index (χ4n) is 3.11. The Labute approximate surface area is 119 Å². The first-order valence-electron chi connectivity index (χ1n) is 7.95. The zero-order valence-electron chi connectivity index (χ0n) is 13.2. The van der Waals surface area contributed by atoms with Crippen LogP contribution in [0.3, 0.4) is 0 Å². The molecule has 3 heteroatoms. The SMILES string of the molecule is CNCCN(C)C(=O)C(CC1CCCCC1)C(C)C. The lowest BCUT2D eigenvalue weighted by Crippen LogP contribution is -2.39. The number of carbonyl (C=O) groups excluding carboxylic acids is 1. The average molecular weight is 268 g/mol. The monoisotopic (exact) mass is 268 g/mol. The molecule has 1 rings (SSSR count). The van der Waals surface area contributed by atoms with Gasteiger partial charge in [-0.15, -0.1) is 0 Å². The Bertz CT molecular complexity index is 259. The predicted octanol–water partition coefficient (Wildman–Crippen LogP) is 2.91. The van der Waals surface area contributed by atoms with E-state index >= 15 is 0 Å². The highest BCUT2D eigenvalue weighted by atomic mass is 16.2. The van der Waals surface area contributed by atoms with Gasteiger partial charge in [0.2, 0.25) is 5.91 Å². The Morgan fingerprint density at radius 3 is 2.42 bits per heavy atom. The van der Waals surface area contributed by atoms with Crippen LogP contribution >= 0.6 is 0 Å². The van der Waals surface area contributed by atoms with Crippen LogP contribution in [0.5, 0.6) is 0 Å². The molecule has 0 aromatic carbocycles. The molecule has 1 amide bonds. The number of amides is 1. The number of nitrogens with zero attached hydrogens (tertiary/aromatic N) is 1. The smallest absolute Gasteiger partial charge is 0.225 e. The topological polar surface area (TPSA) is 32.3 Å². The van der Waals surface area contributed by atoms with Crippen LogP contribution in [0, 0.1) is 17.8 Å². The molecule has 112 valence electrons. The number of hydrogen-bond acceptors (Lipinski definition) is 2. The standard InChI is InChI=1S/C16H32N2O/c1-13(2)15(12-14-8-6-5-7-9-14)16(19)18(4)11-10-17-3/h13-15,17H,5-12H2,1-4H3.